The number of hydrogen-bond acceptors (Lipinski definition) is 7. The molecule has 2 amide bonds. The van der Waals surface area contributed by atoms with Crippen LogP contribution in [0.5, 0.6) is 0 Å². The molecule has 0 saturated heterocycles. The number of benzene rings is 1. The second-order valence-corrected chi connectivity index (χ2v) is 6.78. The molecule has 0 spiro atoms. The molecule has 140 valence electrons. The summed E-state index contributed by atoms with van der Waals surface area (Å²) in [4.78, 5) is 44.9. The predicted octanol–water partition coefficient (Wildman–Crippen LogP) is 1.18. The lowest BCUT2D eigenvalue weighted by Crippen LogP contribution is -2.45. The summed E-state index contributed by atoms with van der Waals surface area (Å²) >= 11 is 1.42. The highest BCUT2D eigenvalue weighted by Gasteiger charge is 2.14. The summed E-state index contributed by atoms with van der Waals surface area (Å²) in [5, 5.41) is 3.50. The predicted molar refractivity (Wildman–Crippen MR) is 105 cm³/mol. The normalized spacial score (nSPS) is 10.7. The number of nitrogens with zero attached hydrogens (tertiary/aromatic N) is 3. The second kappa shape index (κ2) is 7.45. The molecule has 0 aliphatic rings. The minimum atomic E-state index is -0.746. The third kappa shape index (κ3) is 3.53. The van der Waals surface area contributed by atoms with Gasteiger partial charge in [-0.2, -0.15) is 0 Å². The van der Waals surface area contributed by atoms with Gasteiger partial charge in [-0.25, -0.2) is 9.97 Å². The van der Waals surface area contributed by atoms with E-state index in [9.17, 15) is 14.4 Å². The number of thiazole rings is 1. The van der Waals surface area contributed by atoms with Crippen molar-refractivity contribution in [2.24, 2.45) is 0 Å². The Morgan fingerprint density at radius 2 is 1.89 bits per heavy atom. The minimum absolute atomic E-state index is 0.0882. The number of amides is 2. The van der Waals surface area contributed by atoms with Gasteiger partial charge in [-0.15, -0.1) is 0 Å². The van der Waals surface area contributed by atoms with Gasteiger partial charge >= 0.3 is 0 Å². The maximum Gasteiger partial charge on any atom is 0.276 e. The first-order valence-corrected chi connectivity index (χ1v) is 9.08. The molecule has 0 unspecified atom stereocenters. The summed E-state index contributed by atoms with van der Waals surface area (Å²) in [5.41, 5.74) is 5.04. The van der Waals surface area contributed by atoms with Crippen LogP contribution in [-0.2, 0) is 4.79 Å². The first-order valence-electron chi connectivity index (χ1n) is 8.27. The number of carbonyl (C=O) groups is 2. The van der Waals surface area contributed by atoms with E-state index in [1.165, 1.54) is 28.1 Å². The Labute approximate surface area is 162 Å². The zero-order valence-corrected chi connectivity index (χ0v) is 15.2. The highest BCUT2D eigenvalue weighted by molar-refractivity contribution is 7.22. The van der Waals surface area contributed by atoms with Gasteiger partial charge in [-0.1, -0.05) is 29.5 Å². The summed E-state index contributed by atoms with van der Waals surface area (Å²) in [6.45, 7) is -0.0882. The largest absolute Gasteiger partial charge is 0.352 e. The minimum Gasteiger partial charge on any atom is -0.352 e. The lowest BCUT2D eigenvalue weighted by molar-refractivity contribution is -0.120. The fourth-order valence-electron chi connectivity index (χ4n) is 2.52. The molecule has 0 radical (unpaired) electrons. The van der Waals surface area contributed by atoms with E-state index in [1.807, 2.05) is 24.3 Å². The van der Waals surface area contributed by atoms with E-state index < -0.39 is 17.4 Å². The van der Waals surface area contributed by atoms with Crippen LogP contribution in [0.1, 0.15) is 10.4 Å². The summed E-state index contributed by atoms with van der Waals surface area (Å²) in [6, 6.07) is 12.7. The molecule has 3 N–H and O–H groups in total. The molecule has 4 rings (SSSR count). The summed E-state index contributed by atoms with van der Waals surface area (Å²) in [5.74, 6) is -1.23. The molecule has 0 bridgehead atoms. The lowest BCUT2D eigenvalue weighted by Gasteiger charge is -2.08. The topological polar surface area (TPSA) is 117 Å². The third-order valence-electron chi connectivity index (χ3n) is 3.87. The molecule has 28 heavy (non-hydrogen) atoms. The van der Waals surface area contributed by atoms with E-state index in [1.54, 1.807) is 18.2 Å². The Hall–Kier alpha value is -3.79. The molecule has 0 fully saturated rings. The molecule has 0 saturated carbocycles. The van der Waals surface area contributed by atoms with E-state index in [2.05, 4.69) is 26.1 Å². The van der Waals surface area contributed by atoms with Crippen LogP contribution in [0.2, 0.25) is 0 Å². The van der Waals surface area contributed by atoms with Crippen LogP contribution < -0.4 is 21.7 Å². The highest BCUT2D eigenvalue weighted by atomic mass is 32.1. The average molecular weight is 394 g/mol. The van der Waals surface area contributed by atoms with Crippen molar-refractivity contribution in [1.82, 2.24) is 25.2 Å². The molecule has 0 aliphatic heterocycles. The van der Waals surface area contributed by atoms with Crippen LogP contribution in [0, 0.1) is 0 Å². The van der Waals surface area contributed by atoms with Crippen molar-refractivity contribution in [3.05, 3.63) is 70.8 Å². The molecule has 10 heteroatoms. The van der Waals surface area contributed by atoms with Crippen LogP contribution in [0.3, 0.4) is 0 Å². The van der Waals surface area contributed by atoms with Gasteiger partial charge in [-0.3, -0.25) is 29.6 Å². The molecule has 9 nitrogen and oxygen atoms in total. The van der Waals surface area contributed by atoms with Crippen molar-refractivity contribution in [2.45, 2.75) is 0 Å². The molecule has 0 aliphatic carbocycles. The van der Waals surface area contributed by atoms with Crippen molar-refractivity contribution < 1.29 is 9.59 Å². The maximum absolute atomic E-state index is 12.3. The Kier molecular flexibility index (Phi) is 4.68. The van der Waals surface area contributed by atoms with Gasteiger partial charge in [0.1, 0.15) is 11.2 Å². The molecule has 1 aromatic carbocycles. The van der Waals surface area contributed by atoms with Crippen LogP contribution in [0.15, 0.2) is 59.7 Å². The molecule has 3 aromatic heterocycles. The zero-order valence-electron chi connectivity index (χ0n) is 14.4. The second-order valence-electron chi connectivity index (χ2n) is 5.75. The van der Waals surface area contributed by atoms with Gasteiger partial charge in [0.25, 0.3) is 17.4 Å². The van der Waals surface area contributed by atoms with Crippen LogP contribution >= 0.6 is 11.3 Å². The smallest absolute Gasteiger partial charge is 0.276 e. The molecular formula is C18H14N6O3S. The molecular weight excluding hydrogens is 380 g/mol. The van der Waals surface area contributed by atoms with Gasteiger partial charge in [0, 0.05) is 12.4 Å². The van der Waals surface area contributed by atoms with Gasteiger partial charge in [0.15, 0.2) is 5.13 Å². The lowest BCUT2D eigenvalue weighted by atomic mass is 10.3. The number of aromatic nitrogens is 3. The van der Waals surface area contributed by atoms with Gasteiger partial charge in [-0.05, 0) is 24.3 Å². The quantitative estimate of drug-likeness (QED) is 0.448. The van der Waals surface area contributed by atoms with Gasteiger partial charge in [0.05, 0.1) is 16.8 Å². The fourth-order valence-corrected chi connectivity index (χ4v) is 3.39. The Bertz CT molecular complexity index is 1220. The number of carbonyl (C=O) groups excluding carboxylic acids is 2. The van der Waals surface area contributed by atoms with E-state index in [0.29, 0.717) is 10.8 Å². The van der Waals surface area contributed by atoms with E-state index in [-0.39, 0.29) is 12.1 Å². The zero-order chi connectivity index (χ0) is 19.5. The van der Waals surface area contributed by atoms with Crippen molar-refractivity contribution in [3.8, 4) is 0 Å². The number of hydrazine groups is 1. The van der Waals surface area contributed by atoms with E-state index in [0.717, 1.165) is 10.2 Å². The van der Waals surface area contributed by atoms with Crippen molar-refractivity contribution in [3.63, 3.8) is 0 Å². The van der Waals surface area contributed by atoms with Gasteiger partial charge < -0.3 is 5.32 Å². The highest BCUT2D eigenvalue weighted by Crippen LogP contribution is 2.24. The van der Waals surface area contributed by atoms with Crippen molar-refractivity contribution in [2.75, 3.05) is 11.9 Å². The molecule has 3 heterocycles. The summed E-state index contributed by atoms with van der Waals surface area (Å²) in [6.07, 6.45) is 2.69. The Morgan fingerprint density at radius 3 is 2.75 bits per heavy atom. The standard InChI is InChI=1S/C18H14N6O3S/c25-15(10-20-18-21-12-5-1-2-6-13(12)28-18)22-23-16(26)11-9-19-14-7-3-4-8-24(14)17(11)27/h1-9H,10H2,(H,20,21)(H,22,25)(H,23,26). The number of hydrogen-bond donors (Lipinski definition) is 3. The number of anilines is 1. The summed E-state index contributed by atoms with van der Waals surface area (Å²) < 4.78 is 2.26. The van der Waals surface area contributed by atoms with Crippen LogP contribution in [-0.4, -0.2) is 32.7 Å². The molecule has 4 aromatic rings. The number of para-hydroxylation sites is 1. The fraction of sp³-hybridized carbons (Fsp3) is 0.0556. The summed E-state index contributed by atoms with van der Waals surface area (Å²) in [7, 11) is 0. The first kappa shape index (κ1) is 17.6. The van der Waals surface area contributed by atoms with Crippen LogP contribution in [0.25, 0.3) is 15.9 Å². The third-order valence-corrected chi connectivity index (χ3v) is 4.86. The number of rotatable bonds is 4. The van der Waals surface area contributed by atoms with Gasteiger partial charge in [0.2, 0.25) is 0 Å². The Balaban J connectivity index is 1.36. The molecule has 0 atom stereocenters. The SMILES string of the molecule is O=C(CNc1nc2ccccc2s1)NNC(=O)c1cnc2ccccn2c1=O. The monoisotopic (exact) mass is 394 g/mol. The Morgan fingerprint density at radius 1 is 1.07 bits per heavy atom. The van der Waals surface area contributed by atoms with Crippen molar-refractivity contribution in [1.29, 1.82) is 0 Å². The average Bonchev–Trinajstić information content (AvgIpc) is 3.14. The number of pyridine rings is 1. The van der Waals surface area contributed by atoms with Crippen molar-refractivity contribution >= 4 is 44.1 Å². The van der Waals surface area contributed by atoms with E-state index in [4.69, 9.17) is 0 Å². The maximum atomic E-state index is 12.3. The van der Waals surface area contributed by atoms with Crippen LogP contribution in [0.4, 0.5) is 5.13 Å². The number of nitrogens with one attached hydrogen (secondary N) is 3. The first-order chi connectivity index (χ1) is 13.6. The van der Waals surface area contributed by atoms with E-state index >= 15 is 0 Å². The number of fused-ring (bicyclic) bond motifs is 2.